The Bertz CT molecular complexity index is 604. The number of H-pyrrole nitrogens is 1. The summed E-state index contributed by atoms with van der Waals surface area (Å²) in [5.41, 5.74) is 4.22. The molecule has 0 spiro atoms. The van der Waals surface area contributed by atoms with E-state index in [1.807, 2.05) is 0 Å². The summed E-state index contributed by atoms with van der Waals surface area (Å²) in [7, 11) is 0. The SMILES string of the molecule is Cc1[nH]c2c(C(N)=O)c(F)c(F)cc2c1F. The number of fused-ring (bicyclic) bond motifs is 1. The first kappa shape index (κ1) is 10.5. The Kier molecular flexibility index (Phi) is 2.15. The van der Waals surface area contributed by atoms with Crippen LogP contribution >= 0.6 is 0 Å². The Morgan fingerprint density at radius 2 is 1.94 bits per heavy atom. The van der Waals surface area contributed by atoms with Gasteiger partial charge in [-0.25, -0.2) is 13.2 Å². The fourth-order valence-electron chi connectivity index (χ4n) is 1.60. The third-order valence-electron chi connectivity index (χ3n) is 2.34. The Labute approximate surface area is 88.1 Å². The van der Waals surface area contributed by atoms with Crippen molar-refractivity contribution in [3.8, 4) is 0 Å². The zero-order chi connectivity index (χ0) is 12.0. The van der Waals surface area contributed by atoms with Gasteiger partial charge >= 0.3 is 0 Å². The molecule has 0 aliphatic rings. The van der Waals surface area contributed by atoms with Gasteiger partial charge in [-0.3, -0.25) is 4.79 Å². The normalized spacial score (nSPS) is 11.0. The number of nitrogens with two attached hydrogens (primary N) is 1. The van der Waals surface area contributed by atoms with E-state index in [1.54, 1.807) is 0 Å². The smallest absolute Gasteiger partial charge is 0.253 e. The second kappa shape index (κ2) is 3.26. The van der Waals surface area contributed by atoms with Crippen molar-refractivity contribution in [3.63, 3.8) is 0 Å². The Morgan fingerprint density at radius 1 is 1.31 bits per heavy atom. The van der Waals surface area contributed by atoms with Gasteiger partial charge in [-0.15, -0.1) is 0 Å². The fourth-order valence-corrected chi connectivity index (χ4v) is 1.60. The molecule has 3 N–H and O–H groups in total. The van der Waals surface area contributed by atoms with Crippen LogP contribution in [-0.2, 0) is 0 Å². The molecule has 2 rings (SSSR count). The highest BCUT2D eigenvalue weighted by atomic mass is 19.2. The van der Waals surface area contributed by atoms with Crippen LogP contribution in [0.3, 0.4) is 0 Å². The summed E-state index contributed by atoms with van der Waals surface area (Å²) < 4.78 is 39.8. The molecule has 16 heavy (non-hydrogen) atoms. The predicted octanol–water partition coefficient (Wildman–Crippen LogP) is 1.99. The van der Waals surface area contributed by atoms with Gasteiger partial charge in [0.2, 0.25) is 0 Å². The van der Waals surface area contributed by atoms with Crippen molar-refractivity contribution in [2.24, 2.45) is 5.73 Å². The second-order valence-electron chi connectivity index (χ2n) is 3.40. The van der Waals surface area contributed by atoms with Crippen molar-refractivity contribution in [1.82, 2.24) is 4.98 Å². The molecule has 1 aromatic carbocycles. The zero-order valence-electron chi connectivity index (χ0n) is 8.20. The van der Waals surface area contributed by atoms with E-state index in [0.717, 1.165) is 0 Å². The summed E-state index contributed by atoms with van der Waals surface area (Å²) in [6, 6.07) is 0.690. The fraction of sp³-hybridized carbons (Fsp3) is 0.100. The van der Waals surface area contributed by atoms with Crippen LogP contribution in [0.2, 0.25) is 0 Å². The Hall–Kier alpha value is -1.98. The molecular formula is C10H7F3N2O. The maximum Gasteiger partial charge on any atom is 0.253 e. The molecule has 0 aliphatic carbocycles. The molecule has 0 aliphatic heterocycles. The van der Waals surface area contributed by atoms with Crippen LogP contribution in [0.25, 0.3) is 10.9 Å². The van der Waals surface area contributed by atoms with Crippen molar-refractivity contribution < 1.29 is 18.0 Å². The topological polar surface area (TPSA) is 58.9 Å². The Balaban J connectivity index is 3.00. The van der Waals surface area contributed by atoms with E-state index in [9.17, 15) is 18.0 Å². The molecule has 0 atom stereocenters. The molecule has 0 fully saturated rings. The van der Waals surface area contributed by atoms with Crippen LogP contribution in [0.5, 0.6) is 0 Å². The number of hydrogen-bond acceptors (Lipinski definition) is 1. The lowest BCUT2D eigenvalue weighted by molar-refractivity contribution is 0.0997. The van der Waals surface area contributed by atoms with Gasteiger partial charge in [0.15, 0.2) is 17.5 Å². The van der Waals surface area contributed by atoms with E-state index in [0.29, 0.717) is 6.07 Å². The number of rotatable bonds is 1. The van der Waals surface area contributed by atoms with Gasteiger partial charge in [-0.1, -0.05) is 0 Å². The average molecular weight is 228 g/mol. The van der Waals surface area contributed by atoms with Crippen molar-refractivity contribution in [1.29, 1.82) is 0 Å². The summed E-state index contributed by atoms with van der Waals surface area (Å²) in [6.07, 6.45) is 0. The quantitative estimate of drug-likeness (QED) is 0.770. The molecule has 3 nitrogen and oxygen atoms in total. The lowest BCUT2D eigenvalue weighted by Gasteiger charge is -2.01. The number of halogens is 3. The van der Waals surface area contributed by atoms with Gasteiger partial charge in [0, 0.05) is 11.1 Å². The number of benzene rings is 1. The van der Waals surface area contributed by atoms with Gasteiger partial charge in [-0.2, -0.15) is 0 Å². The molecular weight excluding hydrogens is 221 g/mol. The number of nitrogens with one attached hydrogen (secondary N) is 1. The summed E-state index contributed by atoms with van der Waals surface area (Å²) >= 11 is 0. The van der Waals surface area contributed by atoms with E-state index in [2.05, 4.69) is 4.98 Å². The predicted molar refractivity (Wildman–Crippen MR) is 51.4 cm³/mol. The van der Waals surface area contributed by atoms with Gasteiger partial charge in [0.25, 0.3) is 5.91 Å². The lowest BCUT2D eigenvalue weighted by atomic mass is 10.1. The molecule has 1 heterocycles. The molecule has 6 heteroatoms. The standard InChI is InChI=1S/C10H7F3N2O/c1-3-7(12)4-2-5(11)8(13)6(10(14)16)9(4)15-3/h2,15H,1H3,(H2,14,16). The van der Waals surface area contributed by atoms with Crippen molar-refractivity contribution >= 4 is 16.8 Å². The van der Waals surface area contributed by atoms with Crippen LogP contribution < -0.4 is 5.73 Å². The van der Waals surface area contributed by atoms with Crippen LogP contribution in [0.15, 0.2) is 6.07 Å². The highest BCUT2D eigenvalue weighted by molar-refractivity contribution is 6.05. The third-order valence-corrected chi connectivity index (χ3v) is 2.34. The average Bonchev–Trinajstić information content (AvgIpc) is 2.45. The number of carbonyl (C=O) groups excluding carboxylic acids is 1. The van der Waals surface area contributed by atoms with Gasteiger partial charge in [0.1, 0.15) is 5.56 Å². The number of amides is 1. The Morgan fingerprint density at radius 3 is 2.50 bits per heavy atom. The van der Waals surface area contributed by atoms with Crippen LogP contribution in [0, 0.1) is 24.4 Å². The first-order valence-corrected chi connectivity index (χ1v) is 4.39. The van der Waals surface area contributed by atoms with E-state index < -0.39 is 28.9 Å². The largest absolute Gasteiger partial charge is 0.365 e. The van der Waals surface area contributed by atoms with Gasteiger partial charge < -0.3 is 10.7 Å². The number of aromatic nitrogens is 1. The molecule has 1 aromatic heterocycles. The molecule has 0 saturated carbocycles. The summed E-state index contributed by atoms with van der Waals surface area (Å²) in [6.45, 7) is 1.38. The molecule has 0 radical (unpaired) electrons. The number of aryl methyl sites for hydroxylation is 1. The van der Waals surface area contributed by atoms with Gasteiger partial charge in [-0.05, 0) is 13.0 Å². The van der Waals surface area contributed by atoms with Crippen molar-refractivity contribution in [2.75, 3.05) is 0 Å². The maximum atomic E-state index is 13.4. The first-order chi connectivity index (χ1) is 7.43. The molecule has 0 saturated heterocycles. The minimum Gasteiger partial charge on any atom is -0.365 e. The first-order valence-electron chi connectivity index (χ1n) is 4.39. The molecule has 2 aromatic rings. The van der Waals surface area contributed by atoms with Crippen molar-refractivity contribution in [3.05, 3.63) is 34.8 Å². The third kappa shape index (κ3) is 1.26. The molecule has 84 valence electrons. The number of hydrogen-bond donors (Lipinski definition) is 2. The second-order valence-corrected chi connectivity index (χ2v) is 3.40. The van der Waals surface area contributed by atoms with Crippen LogP contribution in [0.4, 0.5) is 13.2 Å². The van der Waals surface area contributed by atoms with E-state index in [4.69, 9.17) is 5.73 Å². The number of primary amides is 1. The number of carbonyl (C=O) groups is 1. The molecule has 1 amide bonds. The minimum absolute atomic E-state index is 0.0856. The summed E-state index contributed by atoms with van der Waals surface area (Å²) in [5, 5.41) is -0.190. The van der Waals surface area contributed by atoms with Crippen LogP contribution in [-0.4, -0.2) is 10.9 Å². The summed E-state index contributed by atoms with van der Waals surface area (Å²) in [5.74, 6) is -4.56. The zero-order valence-corrected chi connectivity index (χ0v) is 8.20. The van der Waals surface area contributed by atoms with E-state index in [-0.39, 0.29) is 16.6 Å². The van der Waals surface area contributed by atoms with Crippen LogP contribution in [0.1, 0.15) is 16.1 Å². The summed E-state index contributed by atoms with van der Waals surface area (Å²) in [4.78, 5) is 13.4. The monoisotopic (exact) mass is 228 g/mol. The molecule has 0 bridgehead atoms. The van der Waals surface area contributed by atoms with E-state index >= 15 is 0 Å². The number of aromatic amines is 1. The van der Waals surface area contributed by atoms with Crippen molar-refractivity contribution in [2.45, 2.75) is 6.92 Å². The lowest BCUT2D eigenvalue weighted by Crippen LogP contribution is -2.15. The highest BCUT2D eigenvalue weighted by Crippen LogP contribution is 2.27. The molecule has 0 unspecified atom stereocenters. The van der Waals surface area contributed by atoms with Gasteiger partial charge in [0.05, 0.1) is 5.52 Å². The maximum absolute atomic E-state index is 13.4. The highest BCUT2D eigenvalue weighted by Gasteiger charge is 2.22. The minimum atomic E-state index is -1.37. The van der Waals surface area contributed by atoms with E-state index in [1.165, 1.54) is 6.92 Å².